The van der Waals surface area contributed by atoms with Crippen LogP contribution in [0.2, 0.25) is 0 Å². The minimum absolute atomic E-state index is 0.533. The van der Waals surface area contributed by atoms with Crippen molar-refractivity contribution < 1.29 is 24.2 Å². The van der Waals surface area contributed by atoms with Crippen molar-refractivity contribution in [3.8, 4) is 0 Å². The van der Waals surface area contributed by atoms with Gasteiger partial charge in [0.15, 0.2) is 5.92 Å². The molecule has 0 fully saturated rings. The molecule has 5 heteroatoms. The number of hydrogen-bond acceptors (Lipinski definition) is 5. The van der Waals surface area contributed by atoms with Gasteiger partial charge in [-0.15, -0.1) is 0 Å². The molecule has 0 saturated carbocycles. The van der Waals surface area contributed by atoms with Gasteiger partial charge in [0.05, 0.1) is 20.3 Å². The van der Waals surface area contributed by atoms with Gasteiger partial charge in [0, 0.05) is 5.92 Å². The first-order chi connectivity index (χ1) is 6.45. The number of methoxy groups -OCH3 is 2. The van der Waals surface area contributed by atoms with E-state index in [1.165, 1.54) is 21.1 Å². The summed E-state index contributed by atoms with van der Waals surface area (Å²) in [5.41, 5.74) is 0. The molecule has 0 amide bonds. The highest BCUT2D eigenvalue weighted by molar-refractivity contribution is 5.95. The average Bonchev–Trinajstić information content (AvgIpc) is 2.16. The van der Waals surface area contributed by atoms with E-state index < -0.39 is 29.9 Å². The molecule has 0 rings (SSSR count). The summed E-state index contributed by atoms with van der Waals surface area (Å²) in [4.78, 5) is 22.4. The van der Waals surface area contributed by atoms with Crippen molar-refractivity contribution in [1.29, 1.82) is 0 Å². The molecule has 0 aromatic carbocycles. The second kappa shape index (κ2) is 5.59. The van der Waals surface area contributed by atoms with Crippen LogP contribution in [0.4, 0.5) is 0 Å². The molecule has 0 aliphatic rings. The number of aliphatic hydroxyl groups is 1. The molecule has 5 nitrogen and oxygen atoms in total. The third-order valence-electron chi connectivity index (χ3n) is 2.20. The maximum Gasteiger partial charge on any atom is 0.320 e. The molecular formula is C9H16O5. The Morgan fingerprint density at radius 1 is 1.07 bits per heavy atom. The number of rotatable bonds is 4. The number of carbonyl (C=O) groups excluding carboxylic acids is 2. The molecule has 0 aliphatic carbocycles. The van der Waals surface area contributed by atoms with Crippen molar-refractivity contribution >= 4 is 11.9 Å². The minimum atomic E-state index is -1.06. The Balaban J connectivity index is 4.72. The second-order valence-corrected chi connectivity index (χ2v) is 3.12. The van der Waals surface area contributed by atoms with Gasteiger partial charge in [-0.2, -0.15) is 0 Å². The molecule has 0 radical (unpaired) electrons. The van der Waals surface area contributed by atoms with E-state index in [1.54, 1.807) is 6.92 Å². The van der Waals surface area contributed by atoms with Crippen LogP contribution in [-0.4, -0.2) is 37.4 Å². The quantitative estimate of drug-likeness (QED) is 0.514. The van der Waals surface area contributed by atoms with Crippen LogP contribution < -0.4 is 0 Å². The lowest BCUT2D eigenvalue weighted by molar-refractivity contribution is -0.163. The Bertz CT molecular complexity index is 195. The lowest BCUT2D eigenvalue weighted by Gasteiger charge is -2.21. The van der Waals surface area contributed by atoms with Crippen LogP contribution in [0.3, 0.4) is 0 Å². The molecule has 0 spiro atoms. The molecule has 1 N–H and O–H groups in total. The predicted molar refractivity (Wildman–Crippen MR) is 48.4 cm³/mol. The molecule has 0 aromatic heterocycles. The van der Waals surface area contributed by atoms with Crippen molar-refractivity contribution in [1.82, 2.24) is 0 Å². The summed E-state index contributed by atoms with van der Waals surface area (Å²) in [7, 11) is 2.38. The van der Waals surface area contributed by atoms with Gasteiger partial charge < -0.3 is 14.6 Å². The number of carbonyl (C=O) groups is 2. The largest absolute Gasteiger partial charge is 0.468 e. The van der Waals surface area contributed by atoms with Crippen LogP contribution in [0.25, 0.3) is 0 Å². The van der Waals surface area contributed by atoms with E-state index in [9.17, 15) is 14.7 Å². The van der Waals surface area contributed by atoms with Gasteiger partial charge in [0.2, 0.25) is 0 Å². The summed E-state index contributed by atoms with van der Waals surface area (Å²) in [6, 6.07) is 0. The summed E-state index contributed by atoms with van der Waals surface area (Å²) >= 11 is 0. The van der Waals surface area contributed by atoms with E-state index in [0.717, 1.165) is 0 Å². The molecule has 0 aliphatic heterocycles. The van der Waals surface area contributed by atoms with Gasteiger partial charge in [-0.25, -0.2) is 0 Å². The van der Waals surface area contributed by atoms with Crippen LogP contribution >= 0.6 is 0 Å². The highest BCUT2D eigenvalue weighted by Crippen LogP contribution is 2.18. The first kappa shape index (κ1) is 12.9. The first-order valence-electron chi connectivity index (χ1n) is 4.29. The maximum atomic E-state index is 11.2. The molecule has 0 aromatic rings. The van der Waals surface area contributed by atoms with Crippen LogP contribution in [0.5, 0.6) is 0 Å². The van der Waals surface area contributed by atoms with E-state index in [0.29, 0.717) is 0 Å². The fraction of sp³-hybridized carbons (Fsp3) is 0.778. The number of aliphatic hydroxyl groups excluding tert-OH is 1. The van der Waals surface area contributed by atoms with Crippen molar-refractivity contribution in [3.05, 3.63) is 0 Å². The standard InChI is InChI=1S/C9H16O5/c1-5(6(2)10)7(8(11)13-3)9(12)14-4/h5-7,10H,1-4H3. The van der Waals surface area contributed by atoms with E-state index >= 15 is 0 Å². The van der Waals surface area contributed by atoms with Gasteiger partial charge in [0.1, 0.15) is 0 Å². The van der Waals surface area contributed by atoms with Crippen molar-refractivity contribution in [2.45, 2.75) is 20.0 Å². The Morgan fingerprint density at radius 2 is 1.43 bits per heavy atom. The highest BCUT2D eigenvalue weighted by atomic mass is 16.5. The molecule has 0 saturated heterocycles. The Hall–Kier alpha value is -1.10. The van der Waals surface area contributed by atoms with Crippen LogP contribution in [0.1, 0.15) is 13.8 Å². The Morgan fingerprint density at radius 3 is 1.64 bits per heavy atom. The van der Waals surface area contributed by atoms with Gasteiger partial charge >= 0.3 is 11.9 Å². The molecule has 0 heterocycles. The normalized spacial score (nSPS) is 14.7. The lowest BCUT2D eigenvalue weighted by Crippen LogP contribution is -2.36. The van der Waals surface area contributed by atoms with Gasteiger partial charge in [-0.05, 0) is 6.92 Å². The van der Waals surface area contributed by atoms with Crippen LogP contribution in [0.15, 0.2) is 0 Å². The summed E-state index contributed by atoms with van der Waals surface area (Å²) in [6.07, 6.45) is -0.779. The van der Waals surface area contributed by atoms with E-state index in [4.69, 9.17) is 0 Å². The van der Waals surface area contributed by atoms with Gasteiger partial charge in [0.25, 0.3) is 0 Å². The van der Waals surface area contributed by atoms with Gasteiger partial charge in [-0.3, -0.25) is 9.59 Å². The van der Waals surface area contributed by atoms with Gasteiger partial charge in [-0.1, -0.05) is 6.92 Å². The predicted octanol–water partition coefficient (Wildman–Crippen LogP) is -0.0345. The molecule has 2 atom stereocenters. The summed E-state index contributed by atoms with van der Waals surface area (Å²) < 4.78 is 8.91. The summed E-state index contributed by atoms with van der Waals surface area (Å²) in [5, 5.41) is 9.26. The van der Waals surface area contributed by atoms with Crippen molar-refractivity contribution in [2.24, 2.45) is 11.8 Å². The SMILES string of the molecule is COC(=O)C(C(=O)OC)C(C)C(C)O. The number of ether oxygens (including phenoxy) is 2. The fourth-order valence-electron chi connectivity index (χ4n) is 1.06. The van der Waals surface area contributed by atoms with Crippen molar-refractivity contribution in [2.75, 3.05) is 14.2 Å². The highest BCUT2D eigenvalue weighted by Gasteiger charge is 2.36. The van der Waals surface area contributed by atoms with E-state index in [-0.39, 0.29) is 0 Å². The Kier molecular flexibility index (Phi) is 5.15. The zero-order valence-corrected chi connectivity index (χ0v) is 8.81. The topological polar surface area (TPSA) is 72.8 Å². The molecule has 14 heavy (non-hydrogen) atoms. The molecule has 2 unspecified atom stereocenters. The third kappa shape index (κ3) is 2.99. The molecule has 82 valence electrons. The zero-order valence-electron chi connectivity index (χ0n) is 8.81. The lowest BCUT2D eigenvalue weighted by atomic mass is 9.90. The second-order valence-electron chi connectivity index (χ2n) is 3.12. The average molecular weight is 204 g/mol. The monoisotopic (exact) mass is 204 g/mol. The van der Waals surface area contributed by atoms with Crippen LogP contribution in [-0.2, 0) is 19.1 Å². The number of hydrogen-bond donors (Lipinski definition) is 1. The maximum absolute atomic E-state index is 11.2. The molecular weight excluding hydrogens is 188 g/mol. The smallest absolute Gasteiger partial charge is 0.320 e. The van der Waals surface area contributed by atoms with Crippen LogP contribution in [0, 0.1) is 11.8 Å². The Labute approximate surface area is 83.0 Å². The fourth-order valence-corrected chi connectivity index (χ4v) is 1.06. The minimum Gasteiger partial charge on any atom is -0.468 e. The van der Waals surface area contributed by atoms with E-state index in [2.05, 4.69) is 9.47 Å². The number of esters is 2. The van der Waals surface area contributed by atoms with E-state index in [1.807, 2.05) is 0 Å². The third-order valence-corrected chi connectivity index (χ3v) is 2.20. The van der Waals surface area contributed by atoms with Crippen molar-refractivity contribution in [3.63, 3.8) is 0 Å². The first-order valence-corrected chi connectivity index (χ1v) is 4.29. The summed E-state index contributed by atoms with van der Waals surface area (Å²) in [6.45, 7) is 3.09. The molecule has 0 bridgehead atoms. The zero-order chi connectivity index (χ0) is 11.3. The summed E-state index contributed by atoms with van der Waals surface area (Å²) in [5.74, 6) is -2.98.